The molecule has 0 aromatic heterocycles. The summed E-state index contributed by atoms with van der Waals surface area (Å²) in [6.45, 7) is 0. The highest BCUT2D eigenvalue weighted by atomic mass is 14.4. The quantitative estimate of drug-likeness (QED) is 0.123. The van der Waals surface area contributed by atoms with Crippen LogP contribution < -0.4 is 0 Å². The van der Waals surface area contributed by atoms with Gasteiger partial charge in [-0.3, -0.25) is 0 Å². The van der Waals surface area contributed by atoms with E-state index in [4.69, 9.17) is 0 Å². The van der Waals surface area contributed by atoms with Crippen molar-refractivity contribution in [2.45, 2.75) is 0 Å². The van der Waals surface area contributed by atoms with E-state index in [1.807, 2.05) is 0 Å². The highest BCUT2D eigenvalue weighted by molar-refractivity contribution is 6.41. The lowest BCUT2D eigenvalue weighted by Crippen LogP contribution is -1.90. The van der Waals surface area contributed by atoms with Gasteiger partial charge in [0.2, 0.25) is 0 Å². The SMILES string of the molecule is c1ccc(-c2ccc(-c3ccccc3)c3c2-c2ccc4c5ccc6c7c(ccc(c8ccc-3c2c48)c75)-c2c(-c3ccc4ccccc4c3)ccc(-c3ccc4ccccc4c3)c2-6)cc1. The van der Waals surface area contributed by atoms with Gasteiger partial charge in [0.15, 0.2) is 0 Å². The van der Waals surface area contributed by atoms with Crippen molar-refractivity contribution in [2.75, 3.05) is 0 Å². The molecule has 292 valence electrons. The first kappa shape index (κ1) is 34.3. The van der Waals surface area contributed by atoms with E-state index in [1.165, 1.54) is 154 Å². The van der Waals surface area contributed by atoms with E-state index in [2.05, 4.69) is 218 Å². The van der Waals surface area contributed by atoms with E-state index >= 15 is 0 Å². The Morgan fingerprint density at radius 2 is 0.469 bits per heavy atom. The molecule has 0 saturated carbocycles. The van der Waals surface area contributed by atoms with Gasteiger partial charge >= 0.3 is 0 Å². The normalized spacial score (nSPS) is 12.4. The average molecular weight is 805 g/mol. The summed E-state index contributed by atoms with van der Waals surface area (Å²) in [6.07, 6.45) is 0. The molecule has 2 aliphatic carbocycles. The van der Waals surface area contributed by atoms with Crippen molar-refractivity contribution in [3.8, 4) is 89.0 Å². The molecule has 0 N–H and O–H groups in total. The Labute approximate surface area is 370 Å². The second-order valence-corrected chi connectivity index (χ2v) is 17.8. The van der Waals surface area contributed by atoms with E-state index in [0.717, 1.165) is 0 Å². The van der Waals surface area contributed by atoms with Gasteiger partial charge in [-0.1, -0.05) is 206 Å². The highest BCUT2D eigenvalue weighted by Crippen LogP contribution is 2.60. The van der Waals surface area contributed by atoms with Crippen LogP contribution in [0.2, 0.25) is 0 Å². The first-order chi connectivity index (χ1) is 31.8. The van der Waals surface area contributed by atoms with Gasteiger partial charge in [-0.05, 0) is 166 Å². The second kappa shape index (κ2) is 12.6. The first-order valence-electron chi connectivity index (χ1n) is 22.4. The molecule has 0 heterocycles. The molecule has 0 radical (unpaired) electrons. The minimum absolute atomic E-state index is 1.25. The minimum atomic E-state index is 1.25. The zero-order valence-electron chi connectivity index (χ0n) is 34.8. The van der Waals surface area contributed by atoms with Gasteiger partial charge in [0, 0.05) is 0 Å². The minimum Gasteiger partial charge on any atom is -0.0622 e. The molecule has 0 nitrogen and oxygen atoms in total. The van der Waals surface area contributed by atoms with Crippen molar-refractivity contribution in [1.82, 2.24) is 0 Å². The zero-order chi connectivity index (χ0) is 41.6. The molecule has 0 bridgehead atoms. The predicted molar refractivity (Wildman–Crippen MR) is 273 cm³/mol. The Balaban J connectivity index is 1.02. The summed E-state index contributed by atoms with van der Waals surface area (Å²) in [6, 6.07) is 82.2. The van der Waals surface area contributed by atoms with Gasteiger partial charge in [-0.2, -0.15) is 0 Å². The fraction of sp³-hybridized carbons (Fsp3) is 0. The third-order valence-electron chi connectivity index (χ3n) is 14.7. The largest absolute Gasteiger partial charge is 0.0622 e. The van der Waals surface area contributed by atoms with Crippen LogP contribution in [0, 0.1) is 0 Å². The number of hydrogen-bond acceptors (Lipinski definition) is 0. The molecule has 0 atom stereocenters. The number of fused-ring (bicyclic) bond motifs is 10. The van der Waals surface area contributed by atoms with Crippen molar-refractivity contribution in [1.29, 1.82) is 0 Å². The monoisotopic (exact) mass is 804 g/mol. The van der Waals surface area contributed by atoms with Gasteiger partial charge in [0.1, 0.15) is 0 Å². The lowest BCUT2D eigenvalue weighted by atomic mass is 9.86. The van der Waals surface area contributed by atoms with Crippen molar-refractivity contribution >= 4 is 64.6 Å². The topological polar surface area (TPSA) is 0 Å². The molecule has 0 fully saturated rings. The Bertz CT molecular complexity index is 3890. The van der Waals surface area contributed by atoms with E-state index in [1.54, 1.807) is 0 Å². The molecule has 0 unspecified atom stereocenters. The van der Waals surface area contributed by atoms with Crippen molar-refractivity contribution < 1.29 is 0 Å². The van der Waals surface area contributed by atoms with Crippen LogP contribution in [0.3, 0.4) is 0 Å². The van der Waals surface area contributed by atoms with Gasteiger partial charge in [-0.15, -0.1) is 0 Å². The maximum atomic E-state index is 2.44. The molecular formula is C64H36. The number of benzene rings is 13. The molecule has 0 heteroatoms. The smallest absolute Gasteiger partial charge is 0.00134 e. The highest BCUT2D eigenvalue weighted by Gasteiger charge is 2.33. The Hall–Kier alpha value is -8.32. The molecule has 0 amide bonds. The summed E-state index contributed by atoms with van der Waals surface area (Å²) < 4.78 is 0. The molecule has 2 aliphatic rings. The lowest BCUT2D eigenvalue weighted by Gasteiger charge is -2.17. The standard InChI is InChI=1S/C64H36/c1-3-13-39(14-4-1)45-23-24-46(40-15-5-2-6-16-40)58-54-32-28-50-52-30-34-56-60-48(44-22-20-38-12-8-10-18-42(38)36-44)26-25-47(43-21-19-37-11-7-9-17-41(37)35-43)59(60)55-33-29-51(62(52)64(55)56)49-27-31-53(57(45)58)63(54)61(49)50/h1-36H. The van der Waals surface area contributed by atoms with E-state index in [0.29, 0.717) is 0 Å². The van der Waals surface area contributed by atoms with Crippen molar-refractivity contribution in [2.24, 2.45) is 0 Å². The van der Waals surface area contributed by atoms with Crippen LogP contribution in [0.4, 0.5) is 0 Å². The van der Waals surface area contributed by atoms with Crippen LogP contribution in [0.5, 0.6) is 0 Å². The molecule has 0 aliphatic heterocycles. The Morgan fingerprint density at radius 3 is 0.828 bits per heavy atom. The average Bonchev–Trinajstić information content (AvgIpc) is 3.89. The summed E-state index contributed by atoms with van der Waals surface area (Å²) in [5.74, 6) is 0. The third-order valence-corrected chi connectivity index (χ3v) is 14.7. The Kier molecular flexibility index (Phi) is 6.77. The zero-order valence-corrected chi connectivity index (χ0v) is 34.8. The summed E-state index contributed by atoms with van der Waals surface area (Å²) in [5, 5.41) is 15.8. The molecular weight excluding hydrogens is 769 g/mol. The van der Waals surface area contributed by atoms with E-state index < -0.39 is 0 Å². The molecule has 0 spiro atoms. The third kappa shape index (κ3) is 4.51. The van der Waals surface area contributed by atoms with Crippen molar-refractivity contribution in [3.63, 3.8) is 0 Å². The summed E-state index contributed by atoms with van der Waals surface area (Å²) in [7, 11) is 0. The lowest BCUT2D eigenvalue weighted by molar-refractivity contribution is 1.59. The van der Waals surface area contributed by atoms with Crippen LogP contribution >= 0.6 is 0 Å². The predicted octanol–water partition coefficient (Wildman–Crippen LogP) is 18.0. The molecule has 0 saturated heterocycles. The molecule has 15 rings (SSSR count). The van der Waals surface area contributed by atoms with Gasteiger partial charge in [-0.25, -0.2) is 0 Å². The van der Waals surface area contributed by atoms with Gasteiger partial charge < -0.3 is 0 Å². The van der Waals surface area contributed by atoms with Crippen LogP contribution in [-0.4, -0.2) is 0 Å². The van der Waals surface area contributed by atoms with Gasteiger partial charge in [0.25, 0.3) is 0 Å². The van der Waals surface area contributed by atoms with Crippen LogP contribution in [0.1, 0.15) is 0 Å². The molecule has 13 aromatic carbocycles. The van der Waals surface area contributed by atoms with Gasteiger partial charge in [0.05, 0.1) is 0 Å². The summed E-state index contributed by atoms with van der Waals surface area (Å²) in [5.41, 5.74) is 20.7. The maximum Gasteiger partial charge on any atom is -0.00134 e. The van der Waals surface area contributed by atoms with Crippen LogP contribution in [-0.2, 0) is 0 Å². The fourth-order valence-electron chi connectivity index (χ4n) is 12.0. The van der Waals surface area contributed by atoms with Crippen LogP contribution in [0.25, 0.3) is 154 Å². The van der Waals surface area contributed by atoms with E-state index in [9.17, 15) is 0 Å². The van der Waals surface area contributed by atoms with Crippen molar-refractivity contribution in [3.05, 3.63) is 218 Å². The first-order valence-corrected chi connectivity index (χ1v) is 22.4. The summed E-state index contributed by atoms with van der Waals surface area (Å²) >= 11 is 0. The second-order valence-electron chi connectivity index (χ2n) is 17.8. The molecule has 64 heavy (non-hydrogen) atoms. The number of rotatable bonds is 4. The van der Waals surface area contributed by atoms with E-state index in [-0.39, 0.29) is 0 Å². The van der Waals surface area contributed by atoms with Crippen LogP contribution in [0.15, 0.2) is 218 Å². The fourth-order valence-corrected chi connectivity index (χ4v) is 12.0. The molecule has 13 aromatic rings. The summed E-state index contributed by atoms with van der Waals surface area (Å²) in [4.78, 5) is 0. The maximum absolute atomic E-state index is 2.44. The Morgan fingerprint density at radius 1 is 0.172 bits per heavy atom. The number of hydrogen-bond donors (Lipinski definition) is 0.